The molecule has 1 unspecified atom stereocenters. The van der Waals surface area contributed by atoms with Gasteiger partial charge in [0.25, 0.3) is 11.8 Å². The lowest BCUT2D eigenvalue weighted by molar-refractivity contribution is -0.137. The maximum Gasteiger partial charge on any atom is 0.355 e. The van der Waals surface area contributed by atoms with Gasteiger partial charge in [-0.2, -0.15) is 5.10 Å². The molecule has 384 valence electrons. The SMILES string of the molecule is CC.Cc1nn2c(c1-c1c(F)ccc3c(CCCOc4cccc5cc(F)ccc45)c(C(=O)OC(C)(C)C)n(CCN4CCN(C(=O)COc5cccc6c5CN(C5CCC(=O)NC5=O)C6=O)CC4)c13)OCC2. The Morgan fingerprint density at radius 1 is 0.877 bits per heavy atom. The Kier molecular flexibility index (Phi) is 14.6. The van der Waals surface area contributed by atoms with Gasteiger partial charge in [0.15, 0.2) is 6.61 Å². The number of amides is 4. The number of halogens is 2. The van der Waals surface area contributed by atoms with Crippen LogP contribution in [0, 0.1) is 18.6 Å². The standard InChI is InChI=1S/C53H55F2N7O9.C2H6/c1-31-45(51-62(57-31)25-27-69-51)46-39(55)16-15-36-35(10-7-26-68-41-11-5-8-32-28-33(54)13-14-34(32)41)48(52(67)71-53(2,3)4)60(47(36)46)24-21-58-19-22-59(23-20-58)44(64)30-70-42-12-6-9-37-38(42)29-61(50(37)66)40-17-18-43(63)56-49(40)65;1-2/h5-6,8-9,11-16,28,40H,7,10,17-27,29-30H2,1-4H3,(H,56,63,65);1-2H3. The smallest absolute Gasteiger partial charge is 0.355 e. The first-order valence-electron chi connectivity index (χ1n) is 25.1. The fourth-order valence-electron chi connectivity index (χ4n) is 10.3. The fraction of sp³-hybridized carbons (Fsp3) is 0.418. The molecule has 4 aliphatic rings. The summed E-state index contributed by atoms with van der Waals surface area (Å²) in [5, 5.41) is 9.18. The molecule has 4 aliphatic heterocycles. The normalized spacial score (nSPS) is 16.8. The topological polar surface area (TPSA) is 167 Å². The Morgan fingerprint density at radius 3 is 2.40 bits per heavy atom. The first-order valence-corrected chi connectivity index (χ1v) is 25.1. The summed E-state index contributed by atoms with van der Waals surface area (Å²) in [6, 6.07) is 17.4. The van der Waals surface area contributed by atoms with E-state index in [-0.39, 0.29) is 68.2 Å². The van der Waals surface area contributed by atoms with Crippen LogP contribution in [0.3, 0.4) is 0 Å². The number of imide groups is 1. The summed E-state index contributed by atoms with van der Waals surface area (Å²) in [5.41, 5.74) is 3.05. The Labute approximate surface area is 422 Å². The van der Waals surface area contributed by atoms with Crippen molar-refractivity contribution in [1.29, 1.82) is 0 Å². The quantitative estimate of drug-likeness (QED) is 0.0648. The van der Waals surface area contributed by atoms with E-state index in [0.717, 1.165) is 5.39 Å². The molecule has 0 saturated carbocycles. The number of esters is 1. The molecule has 1 atom stereocenters. The first kappa shape index (κ1) is 50.6. The van der Waals surface area contributed by atoms with Crippen molar-refractivity contribution in [2.24, 2.45) is 0 Å². The molecule has 16 nitrogen and oxygen atoms in total. The highest BCUT2D eigenvalue weighted by atomic mass is 19.1. The number of hydrogen-bond donors (Lipinski definition) is 1. The predicted molar refractivity (Wildman–Crippen MR) is 269 cm³/mol. The van der Waals surface area contributed by atoms with Gasteiger partial charge < -0.3 is 33.3 Å². The third-order valence-corrected chi connectivity index (χ3v) is 13.6. The Balaban J connectivity index is 0.00000324. The minimum Gasteiger partial charge on any atom is -0.493 e. The molecule has 0 spiro atoms. The molecule has 4 amide bonds. The molecule has 1 N–H and O–H groups in total. The van der Waals surface area contributed by atoms with E-state index in [1.807, 2.05) is 43.5 Å². The number of benzene rings is 4. The van der Waals surface area contributed by atoms with Crippen molar-refractivity contribution in [3.63, 3.8) is 0 Å². The third kappa shape index (κ3) is 10.2. The summed E-state index contributed by atoms with van der Waals surface area (Å²) in [7, 11) is 0. The molecule has 2 saturated heterocycles. The lowest BCUT2D eigenvalue weighted by atomic mass is 9.99. The van der Waals surface area contributed by atoms with Gasteiger partial charge in [0, 0.05) is 73.2 Å². The van der Waals surface area contributed by atoms with Crippen molar-refractivity contribution in [3.8, 4) is 28.5 Å². The van der Waals surface area contributed by atoms with Gasteiger partial charge in [-0.25, -0.2) is 18.3 Å². The number of rotatable bonds is 14. The van der Waals surface area contributed by atoms with Crippen LogP contribution in [-0.2, 0) is 45.2 Å². The van der Waals surface area contributed by atoms with Gasteiger partial charge in [0.1, 0.15) is 47.1 Å². The summed E-state index contributed by atoms with van der Waals surface area (Å²) in [4.78, 5) is 71.3. The minimum atomic E-state index is -0.848. The van der Waals surface area contributed by atoms with E-state index in [1.165, 1.54) is 23.1 Å². The van der Waals surface area contributed by atoms with Crippen LogP contribution in [-0.4, -0.2) is 123 Å². The molecular weight excluding hydrogens is 941 g/mol. The molecule has 2 aromatic heterocycles. The number of aromatic nitrogens is 3. The average Bonchev–Trinajstić information content (AvgIpc) is 4.12. The van der Waals surface area contributed by atoms with Gasteiger partial charge in [0.2, 0.25) is 17.7 Å². The van der Waals surface area contributed by atoms with Crippen molar-refractivity contribution in [2.75, 3.05) is 52.5 Å². The van der Waals surface area contributed by atoms with E-state index >= 15 is 4.39 Å². The second kappa shape index (κ2) is 21.0. The number of piperidine rings is 1. The van der Waals surface area contributed by atoms with Crippen LogP contribution in [0.25, 0.3) is 32.8 Å². The third-order valence-electron chi connectivity index (χ3n) is 13.6. The maximum atomic E-state index is 16.7. The summed E-state index contributed by atoms with van der Waals surface area (Å²) in [6.07, 6.45) is 1.24. The Morgan fingerprint density at radius 2 is 1.63 bits per heavy atom. The summed E-state index contributed by atoms with van der Waals surface area (Å²) in [6.45, 7) is 14.9. The van der Waals surface area contributed by atoms with Gasteiger partial charge in [-0.15, -0.1) is 0 Å². The molecule has 4 aromatic carbocycles. The van der Waals surface area contributed by atoms with Crippen LogP contribution in [0.15, 0.2) is 66.7 Å². The monoisotopic (exact) mass is 1000 g/mol. The van der Waals surface area contributed by atoms with Gasteiger partial charge in [-0.3, -0.25) is 29.4 Å². The largest absolute Gasteiger partial charge is 0.493 e. The molecule has 0 radical (unpaired) electrons. The Hall–Kier alpha value is -7.34. The van der Waals surface area contributed by atoms with Crippen LogP contribution in [0.4, 0.5) is 8.78 Å². The molecule has 10 rings (SSSR count). The van der Waals surface area contributed by atoms with Crippen LogP contribution in [0.1, 0.15) is 91.5 Å². The van der Waals surface area contributed by atoms with Crippen LogP contribution >= 0.6 is 0 Å². The van der Waals surface area contributed by atoms with E-state index in [9.17, 15) is 28.4 Å². The van der Waals surface area contributed by atoms with Gasteiger partial charge in [-0.05, 0) is 106 Å². The number of ether oxygens (including phenoxy) is 4. The van der Waals surface area contributed by atoms with E-state index in [4.69, 9.17) is 18.9 Å². The molecule has 0 bridgehead atoms. The lowest BCUT2D eigenvalue weighted by Crippen LogP contribution is -2.52. The van der Waals surface area contributed by atoms with E-state index in [0.29, 0.717) is 126 Å². The molecule has 0 aliphatic carbocycles. The first-order chi connectivity index (χ1) is 35.1. The van der Waals surface area contributed by atoms with Crippen LogP contribution in [0.2, 0.25) is 0 Å². The summed E-state index contributed by atoms with van der Waals surface area (Å²) < 4.78 is 58.9. The highest BCUT2D eigenvalue weighted by molar-refractivity contribution is 6.07. The number of aryl methyl sites for hydroxylation is 2. The highest BCUT2D eigenvalue weighted by Crippen LogP contribution is 2.44. The predicted octanol–water partition coefficient (Wildman–Crippen LogP) is 7.61. The summed E-state index contributed by atoms with van der Waals surface area (Å²) >= 11 is 0. The summed E-state index contributed by atoms with van der Waals surface area (Å²) in [5.74, 6) is -1.35. The molecular formula is C55H61F2N7O9. The van der Waals surface area contributed by atoms with Crippen molar-refractivity contribution in [1.82, 2.24) is 34.4 Å². The molecule has 2 fully saturated rings. The zero-order valence-electron chi connectivity index (χ0n) is 42.1. The molecule has 6 aromatic rings. The molecule has 18 heteroatoms. The number of carbonyl (C=O) groups is 5. The second-order valence-electron chi connectivity index (χ2n) is 19.4. The van der Waals surface area contributed by atoms with Crippen molar-refractivity contribution < 1.29 is 51.7 Å². The van der Waals surface area contributed by atoms with Gasteiger partial charge >= 0.3 is 5.97 Å². The van der Waals surface area contributed by atoms with Crippen molar-refractivity contribution >= 4 is 51.3 Å². The zero-order valence-corrected chi connectivity index (χ0v) is 42.1. The van der Waals surface area contributed by atoms with E-state index in [2.05, 4.69) is 15.3 Å². The molecule has 6 heterocycles. The lowest BCUT2D eigenvalue weighted by Gasteiger charge is -2.35. The van der Waals surface area contributed by atoms with Gasteiger partial charge in [-0.1, -0.05) is 32.0 Å². The Bertz CT molecular complexity index is 3130. The zero-order chi connectivity index (χ0) is 51.7. The number of fused-ring (bicyclic) bond motifs is 4. The average molecular weight is 1000 g/mol. The molecule has 73 heavy (non-hydrogen) atoms. The van der Waals surface area contributed by atoms with Crippen molar-refractivity contribution in [2.45, 2.75) is 98.5 Å². The number of hydrogen-bond acceptors (Lipinski definition) is 11. The van der Waals surface area contributed by atoms with Crippen LogP contribution in [0.5, 0.6) is 17.4 Å². The van der Waals surface area contributed by atoms with E-state index in [1.54, 1.807) is 60.7 Å². The number of carbonyl (C=O) groups excluding carboxylic acids is 5. The van der Waals surface area contributed by atoms with Crippen LogP contribution < -0.4 is 19.5 Å². The van der Waals surface area contributed by atoms with Gasteiger partial charge in [0.05, 0.1) is 36.5 Å². The number of nitrogens with zero attached hydrogens (tertiary/aromatic N) is 6. The number of nitrogens with one attached hydrogen (secondary N) is 1. The highest BCUT2D eigenvalue weighted by Gasteiger charge is 2.41. The van der Waals surface area contributed by atoms with Crippen molar-refractivity contribution in [3.05, 3.63) is 106 Å². The minimum absolute atomic E-state index is 0.119. The second-order valence-corrected chi connectivity index (χ2v) is 19.4. The van der Waals surface area contributed by atoms with E-state index < -0.39 is 29.3 Å². The number of piperazine rings is 1. The fourth-order valence-corrected chi connectivity index (χ4v) is 10.3. The maximum absolute atomic E-state index is 16.7.